The number of carboxylic acid groups (broad SMARTS) is 1. The molecule has 0 saturated carbocycles. The van der Waals surface area contributed by atoms with E-state index in [9.17, 15) is 4.79 Å². The van der Waals surface area contributed by atoms with Crippen LogP contribution in [0.5, 0.6) is 5.75 Å². The van der Waals surface area contributed by atoms with Crippen molar-refractivity contribution in [2.75, 3.05) is 0 Å². The number of ether oxygens (including phenoxy) is 1. The number of rotatable bonds is 6. The van der Waals surface area contributed by atoms with Crippen LogP contribution in [0.25, 0.3) is 0 Å². The monoisotopic (exact) mass is 284 g/mol. The highest BCUT2D eigenvalue weighted by Gasteiger charge is 2.05. The molecule has 3 nitrogen and oxygen atoms in total. The Morgan fingerprint density at radius 1 is 1.05 bits per heavy atom. The van der Waals surface area contributed by atoms with E-state index < -0.39 is 5.97 Å². The van der Waals surface area contributed by atoms with E-state index in [4.69, 9.17) is 9.84 Å². The summed E-state index contributed by atoms with van der Waals surface area (Å²) in [5.74, 6) is -0.0252. The van der Waals surface area contributed by atoms with E-state index in [2.05, 4.69) is 31.2 Å². The molecule has 3 heteroatoms. The van der Waals surface area contributed by atoms with E-state index in [0.29, 0.717) is 6.61 Å². The summed E-state index contributed by atoms with van der Waals surface area (Å²) in [5, 5.41) is 8.79. The molecule has 0 heterocycles. The number of hydrogen-bond donors (Lipinski definition) is 1. The number of carboxylic acids is 1. The van der Waals surface area contributed by atoms with E-state index in [-0.39, 0.29) is 6.42 Å². The first-order chi connectivity index (χ1) is 10.1. The minimum absolute atomic E-state index is 0.0413. The van der Waals surface area contributed by atoms with Crippen molar-refractivity contribution in [3.63, 3.8) is 0 Å². The molecule has 0 aromatic heterocycles. The summed E-state index contributed by atoms with van der Waals surface area (Å²) >= 11 is 0. The molecule has 0 atom stereocenters. The zero-order valence-electron chi connectivity index (χ0n) is 12.4. The van der Waals surface area contributed by atoms with Gasteiger partial charge in [-0.05, 0) is 41.7 Å². The number of aliphatic carboxylic acids is 1. The number of benzene rings is 2. The van der Waals surface area contributed by atoms with Gasteiger partial charge in [0.15, 0.2) is 0 Å². The standard InChI is InChI=1S/C18H20O3/c1-3-14-4-6-15(7-5-14)12-21-17-9-8-16(10-13(17)2)11-18(19)20/h4-10H,3,11-12H2,1-2H3,(H,19,20). The van der Waals surface area contributed by atoms with Gasteiger partial charge in [-0.1, -0.05) is 43.3 Å². The normalized spacial score (nSPS) is 10.4. The fourth-order valence-corrected chi connectivity index (χ4v) is 2.19. The minimum atomic E-state index is -0.820. The van der Waals surface area contributed by atoms with Crippen molar-refractivity contribution in [1.29, 1.82) is 0 Å². The predicted molar refractivity (Wildman–Crippen MR) is 82.7 cm³/mol. The second-order valence-corrected chi connectivity index (χ2v) is 5.13. The van der Waals surface area contributed by atoms with Gasteiger partial charge in [0.1, 0.15) is 12.4 Å². The van der Waals surface area contributed by atoms with E-state index in [1.54, 1.807) is 6.07 Å². The topological polar surface area (TPSA) is 46.5 Å². The average molecular weight is 284 g/mol. The molecule has 21 heavy (non-hydrogen) atoms. The van der Waals surface area contributed by atoms with Crippen molar-refractivity contribution in [2.24, 2.45) is 0 Å². The number of carbonyl (C=O) groups is 1. The third kappa shape index (κ3) is 4.35. The average Bonchev–Trinajstić information content (AvgIpc) is 2.46. The van der Waals surface area contributed by atoms with E-state index in [0.717, 1.165) is 28.9 Å². The third-order valence-electron chi connectivity index (χ3n) is 3.42. The van der Waals surface area contributed by atoms with Gasteiger partial charge in [0.25, 0.3) is 0 Å². The van der Waals surface area contributed by atoms with Crippen LogP contribution in [0.3, 0.4) is 0 Å². The summed E-state index contributed by atoms with van der Waals surface area (Å²) in [6.45, 7) is 4.58. The quantitative estimate of drug-likeness (QED) is 0.878. The van der Waals surface area contributed by atoms with Gasteiger partial charge in [0.05, 0.1) is 6.42 Å². The molecule has 1 N–H and O–H groups in total. The summed E-state index contributed by atoms with van der Waals surface area (Å²) in [4.78, 5) is 10.7. The molecule has 0 aliphatic rings. The number of hydrogen-bond acceptors (Lipinski definition) is 2. The molecular weight excluding hydrogens is 264 g/mol. The summed E-state index contributed by atoms with van der Waals surface area (Å²) in [6.07, 6.45) is 1.07. The van der Waals surface area contributed by atoms with Crippen molar-refractivity contribution in [3.05, 3.63) is 64.7 Å². The fraction of sp³-hybridized carbons (Fsp3) is 0.278. The summed E-state index contributed by atoms with van der Waals surface area (Å²) in [6, 6.07) is 13.9. The van der Waals surface area contributed by atoms with Crippen molar-refractivity contribution in [3.8, 4) is 5.75 Å². The first-order valence-electron chi connectivity index (χ1n) is 7.10. The second-order valence-electron chi connectivity index (χ2n) is 5.13. The fourth-order valence-electron chi connectivity index (χ4n) is 2.19. The third-order valence-corrected chi connectivity index (χ3v) is 3.42. The number of aryl methyl sites for hydroxylation is 2. The summed E-state index contributed by atoms with van der Waals surface area (Å²) in [7, 11) is 0. The molecule has 0 aliphatic carbocycles. The summed E-state index contributed by atoms with van der Waals surface area (Å²) < 4.78 is 5.81. The molecule has 0 bridgehead atoms. The van der Waals surface area contributed by atoms with Crippen LogP contribution in [-0.4, -0.2) is 11.1 Å². The predicted octanol–water partition coefficient (Wildman–Crippen LogP) is 3.76. The molecule has 0 amide bonds. The van der Waals surface area contributed by atoms with Crippen LogP contribution in [0.2, 0.25) is 0 Å². The lowest BCUT2D eigenvalue weighted by molar-refractivity contribution is -0.136. The molecule has 2 aromatic rings. The minimum Gasteiger partial charge on any atom is -0.489 e. The molecule has 0 aliphatic heterocycles. The molecular formula is C18H20O3. The Labute approximate surface area is 125 Å². The zero-order valence-corrected chi connectivity index (χ0v) is 12.4. The van der Waals surface area contributed by atoms with Gasteiger partial charge >= 0.3 is 5.97 Å². The molecule has 2 rings (SSSR count). The van der Waals surface area contributed by atoms with Gasteiger partial charge in [-0.15, -0.1) is 0 Å². The van der Waals surface area contributed by atoms with Crippen molar-refractivity contribution in [1.82, 2.24) is 0 Å². The van der Waals surface area contributed by atoms with Crippen molar-refractivity contribution in [2.45, 2.75) is 33.3 Å². The molecule has 0 fully saturated rings. The zero-order chi connectivity index (χ0) is 15.2. The van der Waals surface area contributed by atoms with Gasteiger partial charge in [0, 0.05) is 0 Å². The smallest absolute Gasteiger partial charge is 0.307 e. The Kier molecular flexibility index (Phi) is 4.99. The van der Waals surface area contributed by atoms with Crippen LogP contribution in [-0.2, 0) is 24.2 Å². The first-order valence-corrected chi connectivity index (χ1v) is 7.10. The van der Waals surface area contributed by atoms with Gasteiger partial charge in [-0.3, -0.25) is 4.79 Å². The first kappa shape index (κ1) is 15.1. The van der Waals surface area contributed by atoms with E-state index in [1.165, 1.54) is 5.56 Å². The Morgan fingerprint density at radius 3 is 2.24 bits per heavy atom. The Bertz CT molecular complexity index is 615. The van der Waals surface area contributed by atoms with Crippen LogP contribution >= 0.6 is 0 Å². The molecule has 110 valence electrons. The highest BCUT2D eigenvalue weighted by molar-refractivity contribution is 5.70. The second kappa shape index (κ2) is 6.93. The van der Waals surface area contributed by atoms with Crippen molar-refractivity contribution < 1.29 is 14.6 Å². The van der Waals surface area contributed by atoms with Crippen LogP contribution in [0.4, 0.5) is 0 Å². The largest absolute Gasteiger partial charge is 0.489 e. The van der Waals surface area contributed by atoms with Gasteiger partial charge in [-0.25, -0.2) is 0 Å². The van der Waals surface area contributed by atoms with Crippen LogP contribution < -0.4 is 4.74 Å². The molecule has 0 spiro atoms. The maximum Gasteiger partial charge on any atom is 0.307 e. The van der Waals surface area contributed by atoms with Crippen molar-refractivity contribution >= 4 is 5.97 Å². The lowest BCUT2D eigenvalue weighted by Gasteiger charge is -2.10. The highest BCUT2D eigenvalue weighted by atomic mass is 16.5. The van der Waals surface area contributed by atoms with E-state index in [1.807, 2.05) is 19.1 Å². The van der Waals surface area contributed by atoms with Gasteiger partial charge in [0.2, 0.25) is 0 Å². The maximum atomic E-state index is 10.7. The molecule has 2 aromatic carbocycles. The lowest BCUT2D eigenvalue weighted by atomic mass is 10.1. The molecule has 0 unspecified atom stereocenters. The Hall–Kier alpha value is -2.29. The maximum absolute atomic E-state index is 10.7. The van der Waals surface area contributed by atoms with Gasteiger partial charge in [-0.2, -0.15) is 0 Å². The Morgan fingerprint density at radius 2 is 1.67 bits per heavy atom. The summed E-state index contributed by atoms with van der Waals surface area (Å²) in [5.41, 5.74) is 4.19. The molecule has 0 saturated heterocycles. The van der Waals surface area contributed by atoms with Gasteiger partial charge < -0.3 is 9.84 Å². The lowest BCUT2D eigenvalue weighted by Crippen LogP contribution is -2.02. The highest BCUT2D eigenvalue weighted by Crippen LogP contribution is 2.21. The molecule has 0 radical (unpaired) electrons. The van der Waals surface area contributed by atoms with Crippen LogP contribution in [0.1, 0.15) is 29.2 Å². The van der Waals surface area contributed by atoms with Crippen LogP contribution in [0.15, 0.2) is 42.5 Å². The van der Waals surface area contributed by atoms with E-state index >= 15 is 0 Å². The Balaban J connectivity index is 2.00. The van der Waals surface area contributed by atoms with Crippen LogP contribution in [0, 0.1) is 6.92 Å². The SMILES string of the molecule is CCc1ccc(COc2ccc(CC(=O)O)cc2C)cc1.